The van der Waals surface area contributed by atoms with Gasteiger partial charge in [0, 0.05) is 20.9 Å². The summed E-state index contributed by atoms with van der Waals surface area (Å²) in [5.41, 5.74) is 3.77. The predicted molar refractivity (Wildman–Crippen MR) is 131 cm³/mol. The molecule has 0 atom stereocenters. The number of hydrogen-bond acceptors (Lipinski definition) is 4. The van der Waals surface area contributed by atoms with Crippen molar-refractivity contribution in [3.05, 3.63) is 111 Å². The van der Waals surface area contributed by atoms with Crippen molar-refractivity contribution in [3.8, 4) is 11.1 Å². The molecule has 0 spiro atoms. The molecular weight excluding hydrogens is 466 g/mol. The molecule has 0 bridgehead atoms. The van der Waals surface area contributed by atoms with Crippen LogP contribution in [-0.2, 0) is 0 Å². The van der Waals surface area contributed by atoms with Crippen molar-refractivity contribution in [2.45, 2.75) is 0 Å². The first-order chi connectivity index (χ1) is 15.6. The number of carbonyl (C=O) groups excluding carboxylic acids is 1. The third-order valence-corrected chi connectivity index (χ3v) is 5.65. The molecule has 0 fully saturated rings. The molecule has 154 valence electrons. The van der Waals surface area contributed by atoms with Gasteiger partial charge in [-0.1, -0.05) is 58.4 Å². The molecule has 0 saturated carbocycles. The lowest BCUT2D eigenvalue weighted by molar-refractivity contribution is 0.104. The van der Waals surface area contributed by atoms with Gasteiger partial charge in [0.25, 0.3) is 5.56 Å². The molecule has 0 saturated heterocycles. The van der Waals surface area contributed by atoms with Gasteiger partial charge in [0.05, 0.1) is 28.5 Å². The highest BCUT2D eigenvalue weighted by molar-refractivity contribution is 9.10. The number of H-pyrrole nitrogens is 1. The largest absolute Gasteiger partial charge is 0.321 e. The number of benzene rings is 3. The summed E-state index contributed by atoms with van der Waals surface area (Å²) in [6.45, 7) is 0. The van der Waals surface area contributed by atoms with E-state index in [-0.39, 0.29) is 5.56 Å². The van der Waals surface area contributed by atoms with Crippen molar-refractivity contribution in [1.82, 2.24) is 15.0 Å². The number of pyridine rings is 1. The second kappa shape index (κ2) is 8.32. The second-order valence-electron chi connectivity index (χ2n) is 7.24. The first kappa shape index (κ1) is 20.0. The number of halogens is 1. The van der Waals surface area contributed by atoms with Crippen LogP contribution in [0.2, 0.25) is 0 Å². The van der Waals surface area contributed by atoms with Crippen LogP contribution in [0.3, 0.4) is 0 Å². The Morgan fingerprint density at radius 2 is 1.69 bits per heavy atom. The lowest BCUT2D eigenvalue weighted by Gasteiger charge is -2.11. The molecule has 0 aliphatic heterocycles. The van der Waals surface area contributed by atoms with Gasteiger partial charge in [-0.3, -0.25) is 14.6 Å². The number of nitrogens with zero attached hydrogens (tertiary/aromatic N) is 2. The van der Waals surface area contributed by atoms with Crippen molar-refractivity contribution in [2.24, 2.45) is 0 Å². The average Bonchev–Trinajstić information content (AvgIpc) is 2.82. The fourth-order valence-electron chi connectivity index (χ4n) is 3.70. The second-order valence-corrected chi connectivity index (χ2v) is 8.16. The van der Waals surface area contributed by atoms with Gasteiger partial charge < -0.3 is 4.98 Å². The van der Waals surface area contributed by atoms with Crippen molar-refractivity contribution in [2.75, 3.05) is 0 Å². The zero-order chi connectivity index (χ0) is 22.1. The summed E-state index contributed by atoms with van der Waals surface area (Å²) in [6, 6.07) is 22.5. The zero-order valence-electron chi connectivity index (χ0n) is 16.7. The van der Waals surface area contributed by atoms with Gasteiger partial charge in [-0.05, 0) is 48.0 Å². The van der Waals surface area contributed by atoms with Crippen LogP contribution in [-0.4, -0.2) is 20.7 Å². The third-order valence-electron chi connectivity index (χ3n) is 5.16. The maximum atomic E-state index is 13.3. The van der Waals surface area contributed by atoms with Gasteiger partial charge in [-0.15, -0.1) is 0 Å². The SMILES string of the molecule is O=C(/C=C\c1cnc2ccccc2n1)c1c(-c2ccccc2)c2cc(Br)ccc2[nH]c1=O. The zero-order valence-corrected chi connectivity index (χ0v) is 18.3. The number of carbonyl (C=O) groups is 1. The minimum atomic E-state index is -0.432. The topological polar surface area (TPSA) is 75.7 Å². The van der Waals surface area contributed by atoms with E-state index in [4.69, 9.17) is 0 Å². The van der Waals surface area contributed by atoms with Crippen LogP contribution >= 0.6 is 15.9 Å². The fraction of sp³-hybridized carbons (Fsp3) is 0. The summed E-state index contributed by atoms with van der Waals surface area (Å²) in [4.78, 5) is 38.0. The monoisotopic (exact) mass is 481 g/mol. The van der Waals surface area contributed by atoms with E-state index in [9.17, 15) is 9.59 Å². The maximum Gasteiger partial charge on any atom is 0.260 e. The molecule has 6 heteroatoms. The molecule has 0 unspecified atom stereocenters. The van der Waals surface area contributed by atoms with Gasteiger partial charge in [0.15, 0.2) is 5.78 Å². The number of para-hydroxylation sites is 2. The fourth-order valence-corrected chi connectivity index (χ4v) is 4.06. The molecule has 2 heterocycles. The molecule has 32 heavy (non-hydrogen) atoms. The van der Waals surface area contributed by atoms with Crippen LogP contribution in [0.1, 0.15) is 16.1 Å². The standard InChI is InChI=1S/C26H16BrN3O2/c27-17-10-12-20-19(14-17)24(16-6-2-1-3-7-16)25(26(32)30-20)23(31)13-11-18-15-28-21-8-4-5-9-22(21)29-18/h1-15H,(H,30,32)/b13-11-. The van der Waals surface area contributed by atoms with Crippen molar-refractivity contribution in [1.29, 1.82) is 0 Å². The smallest absolute Gasteiger partial charge is 0.260 e. The Morgan fingerprint density at radius 3 is 2.50 bits per heavy atom. The van der Waals surface area contributed by atoms with E-state index in [1.807, 2.05) is 72.8 Å². The van der Waals surface area contributed by atoms with Crippen LogP contribution in [0.15, 0.2) is 94.3 Å². The molecule has 3 aromatic carbocycles. The number of aromatic nitrogens is 3. The molecule has 1 N–H and O–H groups in total. The number of aromatic amines is 1. The molecule has 5 aromatic rings. The molecule has 0 aliphatic carbocycles. The van der Waals surface area contributed by atoms with E-state index < -0.39 is 11.3 Å². The van der Waals surface area contributed by atoms with Crippen LogP contribution in [0.4, 0.5) is 0 Å². The van der Waals surface area contributed by atoms with Gasteiger partial charge in [0.2, 0.25) is 0 Å². The highest BCUT2D eigenvalue weighted by Gasteiger charge is 2.19. The number of hydrogen-bond donors (Lipinski definition) is 1. The van der Waals surface area contributed by atoms with Gasteiger partial charge in [-0.25, -0.2) is 4.98 Å². The van der Waals surface area contributed by atoms with Crippen molar-refractivity contribution >= 4 is 49.7 Å². The highest BCUT2D eigenvalue weighted by atomic mass is 79.9. The van der Waals surface area contributed by atoms with Crippen LogP contribution < -0.4 is 5.56 Å². The molecule has 5 nitrogen and oxygen atoms in total. The minimum absolute atomic E-state index is 0.0896. The Kier molecular flexibility index (Phi) is 5.21. The Morgan fingerprint density at radius 1 is 0.938 bits per heavy atom. The number of fused-ring (bicyclic) bond motifs is 2. The third kappa shape index (κ3) is 3.76. The normalized spacial score (nSPS) is 11.4. The van der Waals surface area contributed by atoms with E-state index in [0.717, 1.165) is 26.5 Å². The highest BCUT2D eigenvalue weighted by Crippen LogP contribution is 2.31. The van der Waals surface area contributed by atoms with Crippen LogP contribution in [0.25, 0.3) is 39.1 Å². The van der Waals surface area contributed by atoms with Crippen molar-refractivity contribution in [3.63, 3.8) is 0 Å². The van der Waals surface area contributed by atoms with Crippen LogP contribution in [0.5, 0.6) is 0 Å². The Balaban J connectivity index is 1.65. The first-order valence-electron chi connectivity index (χ1n) is 9.95. The summed E-state index contributed by atoms with van der Waals surface area (Å²) in [5.74, 6) is -0.401. The lowest BCUT2D eigenvalue weighted by Crippen LogP contribution is -2.18. The maximum absolute atomic E-state index is 13.3. The van der Waals surface area contributed by atoms with E-state index in [1.165, 1.54) is 6.08 Å². The van der Waals surface area contributed by atoms with Crippen molar-refractivity contribution < 1.29 is 4.79 Å². The van der Waals surface area contributed by atoms with E-state index in [1.54, 1.807) is 12.3 Å². The van der Waals surface area contributed by atoms with Gasteiger partial charge in [0.1, 0.15) is 0 Å². The van der Waals surface area contributed by atoms with Gasteiger partial charge >= 0.3 is 0 Å². The first-order valence-corrected chi connectivity index (χ1v) is 10.7. The molecular formula is C26H16BrN3O2. The van der Waals surface area contributed by atoms with E-state index >= 15 is 0 Å². The number of rotatable bonds is 4. The Hall–Kier alpha value is -3.90. The summed E-state index contributed by atoms with van der Waals surface area (Å²) in [5, 5.41) is 0.785. The molecule has 0 aliphatic rings. The van der Waals surface area contributed by atoms with E-state index in [2.05, 4.69) is 30.9 Å². The summed E-state index contributed by atoms with van der Waals surface area (Å²) >= 11 is 3.49. The summed E-state index contributed by atoms with van der Waals surface area (Å²) in [6.07, 6.45) is 4.56. The molecule has 0 radical (unpaired) electrons. The minimum Gasteiger partial charge on any atom is -0.321 e. The predicted octanol–water partition coefficient (Wildman–Crippen LogP) is 5.80. The Labute approximate surface area is 191 Å². The Bertz CT molecular complexity index is 1570. The number of allylic oxidation sites excluding steroid dienone is 1. The van der Waals surface area contributed by atoms with Gasteiger partial charge in [-0.2, -0.15) is 0 Å². The molecule has 5 rings (SSSR count). The summed E-state index contributed by atoms with van der Waals surface area (Å²) in [7, 11) is 0. The van der Waals surface area contributed by atoms with E-state index in [0.29, 0.717) is 16.8 Å². The summed E-state index contributed by atoms with van der Waals surface area (Å²) < 4.78 is 0.856. The average molecular weight is 482 g/mol. The number of nitrogens with one attached hydrogen (secondary N) is 1. The lowest BCUT2D eigenvalue weighted by atomic mass is 9.94. The molecule has 0 amide bonds. The quantitative estimate of drug-likeness (QED) is 0.260. The van der Waals surface area contributed by atoms with Crippen LogP contribution in [0, 0.1) is 0 Å². The molecule has 2 aromatic heterocycles. The number of ketones is 1.